The van der Waals surface area contributed by atoms with Crippen LogP contribution in [0.4, 0.5) is 0 Å². The van der Waals surface area contributed by atoms with E-state index in [1.165, 1.54) is 96.4 Å². The zero-order valence-corrected chi connectivity index (χ0v) is 22.2. The molecule has 0 aliphatic heterocycles. The van der Waals surface area contributed by atoms with Crippen LogP contribution < -0.4 is 17.0 Å². The van der Waals surface area contributed by atoms with Gasteiger partial charge in [0.15, 0.2) is 0 Å². The van der Waals surface area contributed by atoms with Crippen LogP contribution in [0.5, 0.6) is 0 Å². The van der Waals surface area contributed by atoms with E-state index < -0.39 is 0 Å². The third-order valence-electron chi connectivity index (χ3n) is 6.08. The number of hydrogen-bond acceptors (Lipinski definition) is 1. The molecule has 0 rings (SSSR count). The van der Waals surface area contributed by atoms with Crippen molar-refractivity contribution in [2.75, 3.05) is 40.8 Å². The first-order valence-corrected chi connectivity index (χ1v) is 12.5. The minimum atomic E-state index is 0. The van der Waals surface area contributed by atoms with Gasteiger partial charge in [-0.25, -0.2) is 0 Å². The summed E-state index contributed by atoms with van der Waals surface area (Å²) in [5.74, 6) is 0.336. The Morgan fingerprint density at radius 2 is 1.07 bits per heavy atom. The standard InChI is InChI=1S/C25H53N2O.BrH/c1-6-8-10-12-14-15-16-17-19-21-25(28)26(3)22-24-27(4,5)23-20-18-13-11-9-7-2;/h6-24H2,1-5H3;1H/q+1;/p-1. The van der Waals surface area contributed by atoms with Gasteiger partial charge in [0.25, 0.3) is 0 Å². The first kappa shape index (κ1) is 31.1. The summed E-state index contributed by atoms with van der Waals surface area (Å²) in [7, 11) is 6.61. The molecule has 0 heterocycles. The van der Waals surface area contributed by atoms with Crippen molar-refractivity contribution in [1.82, 2.24) is 4.90 Å². The van der Waals surface area contributed by atoms with Crippen molar-refractivity contribution in [3.05, 3.63) is 0 Å². The maximum atomic E-state index is 12.3. The molecule has 0 atom stereocenters. The molecule has 0 aliphatic rings. The smallest absolute Gasteiger partial charge is 0.222 e. The topological polar surface area (TPSA) is 20.3 Å². The molecule has 1 amide bonds. The number of carbonyl (C=O) groups is 1. The molecule has 0 unspecified atom stereocenters. The Morgan fingerprint density at radius 3 is 1.55 bits per heavy atom. The predicted octanol–water partition coefficient (Wildman–Crippen LogP) is 3.81. The summed E-state index contributed by atoms with van der Waals surface area (Å²) in [5, 5.41) is 0. The first-order chi connectivity index (χ1) is 13.4. The number of carbonyl (C=O) groups excluding carboxylic acids is 1. The fourth-order valence-corrected chi connectivity index (χ4v) is 3.76. The highest BCUT2D eigenvalue weighted by Crippen LogP contribution is 2.12. The van der Waals surface area contributed by atoms with Crippen LogP contribution in [0.2, 0.25) is 0 Å². The summed E-state index contributed by atoms with van der Waals surface area (Å²) in [6, 6.07) is 0. The Balaban J connectivity index is 0. The Kier molecular flexibility index (Phi) is 22.7. The van der Waals surface area contributed by atoms with Crippen molar-refractivity contribution >= 4 is 5.91 Å². The largest absolute Gasteiger partial charge is 1.00 e. The molecule has 0 aliphatic carbocycles. The van der Waals surface area contributed by atoms with Crippen molar-refractivity contribution in [2.45, 2.75) is 117 Å². The zero-order chi connectivity index (χ0) is 21.1. The van der Waals surface area contributed by atoms with Crippen molar-refractivity contribution < 1.29 is 26.3 Å². The van der Waals surface area contributed by atoms with Gasteiger partial charge in [0, 0.05) is 13.5 Å². The van der Waals surface area contributed by atoms with Crippen LogP contribution in [0.25, 0.3) is 0 Å². The van der Waals surface area contributed by atoms with E-state index in [1.54, 1.807) is 0 Å². The first-order valence-electron chi connectivity index (χ1n) is 12.5. The lowest BCUT2D eigenvalue weighted by molar-refractivity contribution is -0.889. The normalized spacial score (nSPS) is 11.3. The predicted molar refractivity (Wildman–Crippen MR) is 125 cm³/mol. The Labute approximate surface area is 194 Å². The number of amides is 1. The van der Waals surface area contributed by atoms with E-state index in [0.29, 0.717) is 5.91 Å². The average molecular weight is 478 g/mol. The molecule has 0 bridgehead atoms. The van der Waals surface area contributed by atoms with E-state index >= 15 is 0 Å². The highest BCUT2D eigenvalue weighted by molar-refractivity contribution is 5.75. The lowest BCUT2D eigenvalue weighted by Gasteiger charge is -2.32. The Bertz CT molecular complexity index is 361. The number of likely N-dealkylation sites (N-methyl/N-ethyl adjacent to an activating group) is 2. The third-order valence-corrected chi connectivity index (χ3v) is 6.08. The summed E-state index contributed by atoms with van der Waals surface area (Å²) in [6.45, 7) is 7.72. The van der Waals surface area contributed by atoms with Crippen molar-refractivity contribution in [1.29, 1.82) is 0 Å². The van der Waals surface area contributed by atoms with Crippen molar-refractivity contribution in [3.8, 4) is 0 Å². The summed E-state index contributed by atoms with van der Waals surface area (Å²) in [5.41, 5.74) is 0. The molecule has 0 spiro atoms. The molecule has 0 aromatic rings. The molecule has 0 aromatic carbocycles. The van der Waals surface area contributed by atoms with E-state index in [4.69, 9.17) is 0 Å². The molecular formula is C25H53BrN2O. The molecule has 3 nitrogen and oxygen atoms in total. The Morgan fingerprint density at radius 1 is 0.655 bits per heavy atom. The quantitative estimate of drug-likeness (QED) is 0.193. The highest BCUT2D eigenvalue weighted by atomic mass is 79.9. The molecular weight excluding hydrogens is 424 g/mol. The van der Waals surface area contributed by atoms with E-state index in [1.807, 2.05) is 11.9 Å². The number of hydrogen-bond donors (Lipinski definition) is 0. The van der Waals surface area contributed by atoms with Crippen LogP contribution in [0.15, 0.2) is 0 Å². The second-order valence-corrected chi connectivity index (χ2v) is 9.54. The van der Waals surface area contributed by atoms with Crippen LogP contribution in [0, 0.1) is 0 Å². The average Bonchev–Trinajstić information content (AvgIpc) is 2.67. The van der Waals surface area contributed by atoms with Crippen LogP contribution in [0.3, 0.4) is 0 Å². The number of halogens is 1. The van der Waals surface area contributed by atoms with Crippen LogP contribution in [0.1, 0.15) is 117 Å². The highest BCUT2D eigenvalue weighted by Gasteiger charge is 2.17. The van der Waals surface area contributed by atoms with Crippen LogP contribution >= 0.6 is 0 Å². The molecule has 0 N–H and O–H groups in total. The van der Waals surface area contributed by atoms with Crippen molar-refractivity contribution in [2.24, 2.45) is 0 Å². The second-order valence-electron chi connectivity index (χ2n) is 9.54. The number of rotatable bonds is 20. The van der Waals surface area contributed by atoms with Gasteiger partial charge >= 0.3 is 0 Å². The van der Waals surface area contributed by atoms with Gasteiger partial charge in [-0.15, -0.1) is 0 Å². The summed E-state index contributed by atoms with van der Waals surface area (Å²) in [4.78, 5) is 14.3. The summed E-state index contributed by atoms with van der Waals surface area (Å²) >= 11 is 0. The zero-order valence-electron chi connectivity index (χ0n) is 20.6. The van der Waals surface area contributed by atoms with Crippen LogP contribution in [-0.4, -0.2) is 56.1 Å². The maximum absolute atomic E-state index is 12.3. The van der Waals surface area contributed by atoms with E-state index in [2.05, 4.69) is 27.9 Å². The number of quaternary nitrogens is 1. The van der Waals surface area contributed by atoms with Gasteiger partial charge in [0.05, 0.1) is 33.7 Å². The van der Waals surface area contributed by atoms with Crippen LogP contribution in [-0.2, 0) is 4.79 Å². The molecule has 176 valence electrons. The number of unbranched alkanes of at least 4 members (excludes halogenated alkanes) is 13. The van der Waals surface area contributed by atoms with Gasteiger partial charge in [-0.1, -0.05) is 90.9 Å². The van der Waals surface area contributed by atoms with Gasteiger partial charge in [0.2, 0.25) is 5.91 Å². The lowest BCUT2D eigenvalue weighted by Crippen LogP contribution is -3.00. The summed E-state index contributed by atoms with van der Waals surface area (Å²) in [6.07, 6.45) is 20.7. The van der Waals surface area contributed by atoms with Gasteiger partial charge in [-0.2, -0.15) is 0 Å². The molecule has 4 heteroatoms. The molecule has 0 fully saturated rings. The second kappa shape index (κ2) is 21.2. The molecule has 0 saturated heterocycles. The summed E-state index contributed by atoms with van der Waals surface area (Å²) < 4.78 is 1.03. The fraction of sp³-hybridized carbons (Fsp3) is 0.960. The third kappa shape index (κ3) is 20.9. The SMILES string of the molecule is CCCCCCCCCCCC(=O)N(C)CC[N+](C)(C)CCCCCCCC.[Br-]. The Hall–Kier alpha value is -0.0900. The minimum Gasteiger partial charge on any atom is -1.00 e. The maximum Gasteiger partial charge on any atom is 0.222 e. The minimum absolute atomic E-state index is 0. The van der Waals surface area contributed by atoms with Gasteiger partial charge in [-0.3, -0.25) is 4.79 Å². The fourth-order valence-electron chi connectivity index (χ4n) is 3.76. The van der Waals surface area contributed by atoms with E-state index in [9.17, 15) is 4.79 Å². The van der Waals surface area contributed by atoms with E-state index in [-0.39, 0.29) is 17.0 Å². The molecule has 29 heavy (non-hydrogen) atoms. The molecule has 0 aromatic heterocycles. The number of nitrogens with zero attached hydrogens (tertiary/aromatic N) is 2. The van der Waals surface area contributed by atoms with Gasteiger partial charge in [-0.05, 0) is 19.3 Å². The van der Waals surface area contributed by atoms with Gasteiger partial charge < -0.3 is 26.4 Å². The van der Waals surface area contributed by atoms with E-state index in [0.717, 1.165) is 30.4 Å². The monoisotopic (exact) mass is 476 g/mol. The van der Waals surface area contributed by atoms with Crippen molar-refractivity contribution in [3.63, 3.8) is 0 Å². The molecule has 0 radical (unpaired) electrons. The lowest BCUT2D eigenvalue weighted by atomic mass is 10.1. The molecule has 0 saturated carbocycles. The van der Waals surface area contributed by atoms with Gasteiger partial charge in [0.1, 0.15) is 0 Å².